The summed E-state index contributed by atoms with van der Waals surface area (Å²) < 4.78 is 0. The van der Waals surface area contributed by atoms with Crippen molar-refractivity contribution in [2.24, 2.45) is 17.8 Å². The Kier molecular flexibility index (Phi) is 17.4. The van der Waals surface area contributed by atoms with E-state index in [0.717, 1.165) is 95.0 Å². The maximum absolute atomic E-state index is 12.2. The van der Waals surface area contributed by atoms with Crippen LogP contribution in [0.2, 0.25) is 0 Å². The molecule has 0 radical (unpaired) electrons. The highest BCUT2D eigenvalue weighted by Crippen LogP contribution is 2.43. The van der Waals surface area contributed by atoms with Crippen LogP contribution in [0.15, 0.2) is 30.3 Å². The van der Waals surface area contributed by atoms with Gasteiger partial charge in [-0.1, -0.05) is 82.7 Å². The third-order valence-electron chi connectivity index (χ3n) is 12.1. The van der Waals surface area contributed by atoms with E-state index >= 15 is 0 Å². The minimum atomic E-state index is 0.162. The Hall–Kier alpha value is -1.80. The summed E-state index contributed by atoms with van der Waals surface area (Å²) in [5, 5.41) is 6.83. The molecule has 2 bridgehead atoms. The number of rotatable bonds is 12. The Labute approximate surface area is 294 Å². The molecule has 6 atom stereocenters. The van der Waals surface area contributed by atoms with Crippen LogP contribution in [-0.2, 0) is 16.1 Å². The quantitative estimate of drug-likeness (QED) is 0.237. The van der Waals surface area contributed by atoms with Crippen molar-refractivity contribution in [1.82, 2.24) is 25.3 Å². The van der Waals surface area contributed by atoms with Crippen LogP contribution in [0.1, 0.15) is 122 Å². The number of amides is 1. The molecule has 5 fully saturated rings. The number of aldehydes is 1. The molecule has 6 unspecified atom stereocenters. The smallest absolute Gasteiger partial charge is 0.237 e. The highest BCUT2D eigenvalue weighted by Gasteiger charge is 2.38. The van der Waals surface area contributed by atoms with Crippen molar-refractivity contribution in [2.75, 3.05) is 46.8 Å². The van der Waals surface area contributed by atoms with Crippen LogP contribution >= 0.6 is 0 Å². The van der Waals surface area contributed by atoms with Gasteiger partial charge in [-0.15, -0.1) is 0 Å². The van der Waals surface area contributed by atoms with Crippen LogP contribution < -0.4 is 10.6 Å². The van der Waals surface area contributed by atoms with Crippen molar-refractivity contribution in [2.45, 2.75) is 147 Å². The molecule has 2 saturated heterocycles. The van der Waals surface area contributed by atoms with E-state index in [-0.39, 0.29) is 12.1 Å². The van der Waals surface area contributed by atoms with E-state index in [1.807, 2.05) is 6.07 Å². The van der Waals surface area contributed by atoms with Crippen molar-refractivity contribution in [3.8, 4) is 0 Å². The summed E-state index contributed by atoms with van der Waals surface area (Å²) >= 11 is 0. The van der Waals surface area contributed by atoms with Crippen LogP contribution in [0.5, 0.6) is 0 Å². The van der Waals surface area contributed by atoms with Gasteiger partial charge in [0.1, 0.15) is 6.29 Å². The highest BCUT2D eigenvalue weighted by atomic mass is 16.2. The lowest BCUT2D eigenvalue weighted by Crippen LogP contribution is -2.47. The van der Waals surface area contributed by atoms with Gasteiger partial charge in [0.2, 0.25) is 5.91 Å². The summed E-state index contributed by atoms with van der Waals surface area (Å²) in [6.07, 6.45) is 21.8. The largest absolute Gasteiger partial charge is 0.352 e. The number of carbonyl (C=O) groups is 2. The summed E-state index contributed by atoms with van der Waals surface area (Å²) in [6, 6.07) is 12.1. The van der Waals surface area contributed by atoms with Crippen LogP contribution in [-0.4, -0.2) is 97.9 Å². The van der Waals surface area contributed by atoms with Crippen molar-refractivity contribution >= 4 is 12.2 Å². The fourth-order valence-corrected chi connectivity index (χ4v) is 9.50. The molecular weight excluding hydrogens is 594 g/mol. The molecule has 7 nitrogen and oxygen atoms in total. The van der Waals surface area contributed by atoms with Crippen molar-refractivity contribution in [3.05, 3.63) is 35.9 Å². The minimum absolute atomic E-state index is 0.162. The lowest BCUT2D eigenvalue weighted by molar-refractivity contribution is -0.126. The molecule has 7 heteroatoms. The fraction of sp³-hybridized carbons (Fsp3) is 0.805. The summed E-state index contributed by atoms with van der Waals surface area (Å²) in [4.78, 5) is 30.1. The number of nitrogens with one attached hydrogen (secondary N) is 2. The summed E-state index contributed by atoms with van der Waals surface area (Å²) in [6.45, 7) is 10.8. The van der Waals surface area contributed by atoms with Gasteiger partial charge in [-0.2, -0.15) is 0 Å². The summed E-state index contributed by atoms with van der Waals surface area (Å²) in [7, 11) is 4.29. The second-order valence-electron chi connectivity index (χ2n) is 15.7. The standard InChI is InChI=1S/C15H22N2O.C14H26N2O.C12H23N/c1-16(12-14-6-3-2-4-7-14)10-11-17-9-5-8-15(17)13-18;1-2-10-16-11-6-9-13(16)14(17)15-12-7-4-3-5-8-12;1-3-10-7-9-5-4-6-11(8-9)12(10)13-2/h2-4,6-7,13,15H,5,8-12H2,1H3;12-13H,2-11H2,1H3,(H,15,17);9-13H,3-8H2,1-2H3. The summed E-state index contributed by atoms with van der Waals surface area (Å²) in [5.74, 6) is 3.34. The molecule has 0 aromatic heterocycles. The lowest BCUT2D eigenvalue weighted by atomic mass is 9.64. The van der Waals surface area contributed by atoms with E-state index < -0.39 is 0 Å². The van der Waals surface area contributed by atoms with Crippen LogP contribution in [0.4, 0.5) is 0 Å². The van der Waals surface area contributed by atoms with Gasteiger partial charge in [-0.05, 0) is 121 Å². The Morgan fingerprint density at radius 1 is 0.875 bits per heavy atom. The van der Waals surface area contributed by atoms with E-state index in [0.29, 0.717) is 11.9 Å². The van der Waals surface area contributed by atoms with E-state index in [2.05, 4.69) is 77.5 Å². The van der Waals surface area contributed by atoms with E-state index in [9.17, 15) is 9.59 Å². The van der Waals surface area contributed by atoms with Gasteiger partial charge in [0.05, 0.1) is 12.1 Å². The zero-order valence-corrected chi connectivity index (χ0v) is 31.2. The topological polar surface area (TPSA) is 67.9 Å². The molecule has 3 aliphatic carbocycles. The van der Waals surface area contributed by atoms with E-state index in [1.54, 1.807) is 0 Å². The molecule has 5 aliphatic rings. The SMILES string of the molecule is CCC1CC2CCCC(C2)C1NC.CCCN1CCCC1C(=O)NC1CCCCC1.CN(CCN1CCCC1C=O)Cc1ccccc1. The van der Waals surface area contributed by atoms with Gasteiger partial charge in [0, 0.05) is 31.7 Å². The van der Waals surface area contributed by atoms with Crippen LogP contribution in [0, 0.1) is 17.8 Å². The number of benzene rings is 1. The molecule has 0 spiro atoms. The molecule has 1 aromatic carbocycles. The van der Waals surface area contributed by atoms with Gasteiger partial charge in [0.25, 0.3) is 0 Å². The average molecular weight is 666 g/mol. The number of fused-ring (bicyclic) bond motifs is 2. The molecule has 48 heavy (non-hydrogen) atoms. The number of hydrogen-bond donors (Lipinski definition) is 2. The molecule has 2 heterocycles. The van der Waals surface area contributed by atoms with E-state index in [4.69, 9.17) is 0 Å². The monoisotopic (exact) mass is 666 g/mol. The van der Waals surface area contributed by atoms with Crippen molar-refractivity contribution in [3.63, 3.8) is 0 Å². The highest BCUT2D eigenvalue weighted by molar-refractivity contribution is 5.82. The number of hydrogen-bond acceptors (Lipinski definition) is 6. The number of carbonyl (C=O) groups excluding carboxylic acids is 2. The predicted molar refractivity (Wildman–Crippen MR) is 200 cm³/mol. The molecule has 2 aliphatic heterocycles. The fourth-order valence-electron chi connectivity index (χ4n) is 9.50. The van der Waals surface area contributed by atoms with E-state index in [1.165, 1.54) is 82.6 Å². The second kappa shape index (κ2) is 21.4. The third-order valence-corrected chi connectivity index (χ3v) is 12.1. The van der Waals surface area contributed by atoms with Gasteiger partial charge < -0.3 is 20.3 Å². The third kappa shape index (κ3) is 12.2. The number of likely N-dealkylation sites (N-methyl/N-ethyl adjacent to an activating group) is 1. The van der Waals surface area contributed by atoms with Gasteiger partial charge in [0.15, 0.2) is 0 Å². The Bertz CT molecular complexity index is 1030. The van der Waals surface area contributed by atoms with Crippen molar-refractivity contribution in [1.29, 1.82) is 0 Å². The molecule has 6 rings (SSSR count). The number of nitrogens with zero attached hydrogens (tertiary/aromatic N) is 3. The Balaban J connectivity index is 0.000000165. The Morgan fingerprint density at radius 2 is 1.62 bits per heavy atom. The normalized spacial score (nSPS) is 29.4. The van der Waals surface area contributed by atoms with Gasteiger partial charge in [-0.25, -0.2) is 0 Å². The first-order valence-electron chi connectivity index (χ1n) is 20.1. The number of likely N-dealkylation sites (tertiary alicyclic amines) is 2. The first-order valence-corrected chi connectivity index (χ1v) is 20.1. The van der Waals surface area contributed by atoms with Crippen LogP contribution in [0.3, 0.4) is 0 Å². The molecule has 272 valence electrons. The lowest BCUT2D eigenvalue weighted by Gasteiger charge is -2.45. The predicted octanol–water partition coefficient (Wildman–Crippen LogP) is 6.90. The molecule has 3 saturated carbocycles. The Morgan fingerprint density at radius 3 is 2.33 bits per heavy atom. The zero-order valence-electron chi connectivity index (χ0n) is 31.2. The van der Waals surface area contributed by atoms with Gasteiger partial charge in [-0.3, -0.25) is 14.6 Å². The first kappa shape index (κ1) is 39.0. The van der Waals surface area contributed by atoms with Crippen LogP contribution in [0.25, 0.3) is 0 Å². The first-order chi connectivity index (χ1) is 23.4. The second-order valence-corrected chi connectivity index (χ2v) is 15.7. The molecule has 1 aromatic rings. The zero-order chi connectivity index (χ0) is 34.1. The minimum Gasteiger partial charge on any atom is -0.352 e. The molecule has 2 N–H and O–H groups in total. The maximum Gasteiger partial charge on any atom is 0.237 e. The average Bonchev–Trinajstić information content (AvgIpc) is 3.78. The van der Waals surface area contributed by atoms with Gasteiger partial charge >= 0.3 is 0 Å². The summed E-state index contributed by atoms with van der Waals surface area (Å²) in [5.41, 5.74) is 1.34. The molecular formula is C41H71N5O2. The molecule has 1 amide bonds. The van der Waals surface area contributed by atoms with Crippen molar-refractivity contribution < 1.29 is 9.59 Å². The maximum atomic E-state index is 12.2.